The molecule has 0 saturated carbocycles. The van der Waals surface area contributed by atoms with Gasteiger partial charge >= 0.3 is 0 Å². The Kier molecular flexibility index (Phi) is 3.86. The van der Waals surface area contributed by atoms with Crippen LogP contribution in [0, 0.1) is 5.82 Å². The zero-order valence-electron chi connectivity index (χ0n) is 11.4. The highest BCUT2D eigenvalue weighted by molar-refractivity contribution is 9.10. The molecular weight excluding hydrogens is 351 g/mol. The van der Waals surface area contributed by atoms with Gasteiger partial charge in [0.25, 0.3) is 0 Å². The van der Waals surface area contributed by atoms with Gasteiger partial charge in [-0.15, -0.1) is 11.3 Å². The number of halogens is 2. The van der Waals surface area contributed by atoms with Gasteiger partial charge in [0.15, 0.2) is 0 Å². The maximum absolute atomic E-state index is 13.2. The third kappa shape index (κ3) is 3.03. The van der Waals surface area contributed by atoms with Crippen molar-refractivity contribution in [2.45, 2.75) is 18.9 Å². The van der Waals surface area contributed by atoms with E-state index in [1.165, 1.54) is 12.1 Å². The third-order valence-electron chi connectivity index (χ3n) is 3.51. The lowest BCUT2D eigenvalue weighted by molar-refractivity contribution is 0.0614. The Labute approximate surface area is 135 Å². The van der Waals surface area contributed by atoms with Gasteiger partial charge < -0.3 is 5.11 Å². The van der Waals surface area contributed by atoms with Crippen LogP contribution in [0.15, 0.2) is 53.0 Å². The van der Waals surface area contributed by atoms with E-state index < -0.39 is 5.60 Å². The Hall–Kier alpha value is -1.23. The summed E-state index contributed by atoms with van der Waals surface area (Å²) in [6.07, 6.45) is 0.431. The molecule has 0 aliphatic heterocycles. The van der Waals surface area contributed by atoms with Crippen LogP contribution in [0.3, 0.4) is 0 Å². The molecule has 1 atom stereocenters. The summed E-state index contributed by atoms with van der Waals surface area (Å²) < 4.78 is 15.0. The summed E-state index contributed by atoms with van der Waals surface area (Å²) in [5, 5.41) is 12.0. The second kappa shape index (κ2) is 5.52. The fourth-order valence-corrected chi connectivity index (χ4v) is 3.97. The first-order chi connectivity index (χ1) is 9.95. The van der Waals surface area contributed by atoms with Gasteiger partial charge in [0.1, 0.15) is 11.4 Å². The van der Waals surface area contributed by atoms with Gasteiger partial charge in [0.2, 0.25) is 0 Å². The topological polar surface area (TPSA) is 20.2 Å². The van der Waals surface area contributed by atoms with Gasteiger partial charge in [-0.05, 0) is 42.1 Å². The predicted molar refractivity (Wildman–Crippen MR) is 89.2 cm³/mol. The molecule has 4 heteroatoms. The summed E-state index contributed by atoms with van der Waals surface area (Å²) in [6, 6.07) is 14.7. The minimum absolute atomic E-state index is 0.285. The SMILES string of the molecule is CC(O)(Cc1ccc(F)cc1Br)c1cc2ccccc2s1. The Morgan fingerprint density at radius 2 is 1.95 bits per heavy atom. The molecule has 1 aromatic heterocycles. The zero-order chi connectivity index (χ0) is 15.0. The Morgan fingerprint density at radius 1 is 1.19 bits per heavy atom. The molecule has 21 heavy (non-hydrogen) atoms. The predicted octanol–water partition coefficient (Wildman–Crippen LogP) is 5.25. The number of hydrogen-bond donors (Lipinski definition) is 1. The van der Waals surface area contributed by atoms with Crippen molar-refractivity contribution in [3.05, 3.63) is 69.3 Å². The third-order valence-corrected chi connectivity index (χ3v) is 5.61. The Morgan fingerprint density at radius 3 is 2.67 bits per heavy atom. The van der Waals surface area contributed by atoms with Crippen molar-refractivity contribution >= 4 is 37.4 Å². The fourth-order valence-electron chi connectivity index (χ4n) is 2.37. The van der Waals surface area contributed by atoms with Gasteiger partial charge in [-0.2, -0.15) is 0 Å². The van der Waals surface area contributed by atoms with Crippen molar-refractivity contribution in [2.75, 3.05) is 0 Å². The first-order valence-corrected chi connectivity index (χ1v) is 8.22. The zero-order valence-corrected chi connectivity index (χ0v) is 13.8. The molecular formula is C17H14BrFOS. The van der Waals surface area contributed by atoms with Crippen molar-refractivity contribution in [2.24, 2.45) is 0 Å². The highest BCUT2D eigenvalue weighted by atomic mass is 79.9. The lowest BCUT2D eigenvalue weighted by Gasteiger charge is -2.22. The van der Waals surface area contributed by atoms with Gasteiger partial charge in [0.05, 0.1) is 0 Å². The molecule has 0 bridgehead atoms. The van der Waals surface area contributed by atoms with Crippen LogP contribution >= 0.6 is 27.3 Å². The van der Waals surface area contributed by atoms with Crippen molar-refractivity contribution in [1.29, 1.82) is 0 Å². The van der Waals surface area contributed by atoms with E-state index in [1.54, 1.807) is 24.3 Å². The standard InChI is InChI=1S/C17H14BrFOS/c1-17(20,10-12-6-7-13(19)9-14(12)18)16-8-11-4-2-3-5-15(11)21-16/h2-9,20H,10H2,1H3. The minimum atomic E-state index is -0.982. The van der Waals surface area contributed by atoms with Crippen LogP contribution in [0.2, 0.25) is 0 Å². The molecule has 0 saturated heterocycles. The van der Waals surface area contributed by atoms with E-state index in [9.17, 15) is 9.50 Å². The summed E-state index contributed by atoms with van der Waals surface area (Å²) in [6.45, 7) is 1.80. The van der Waals surface area contributed by atoms with Crippen LogP contribution in [0.4, 0.5) is 4.39 Å². The second-order valence-electron chi connectivity index (χ2n) is 5.33. The lowest BCUT2D eigenvalue weighted by atomic mass is 9.94. The molecule has 0 spiro atoms. The fraction of sp³-hybridized carbons (Fsp3) is 0.176. The molecule has 0 aliphatic rings. The first kappa shape index (κ1) is 14.7. The van der Waals surface area contributed by atoms with Crippen molar-refractivity contribution in [3.63, 3.8) is 0 Å². The van der Waals surface area contributed by atoms with Crippen molar-refractivity contribution < 1.29 is 9.50 Å². The molecule has 1 nitrogen and oxygen atoms in total. The summed E-state index contributed by atoms with van der Waals surface area (Å²) in [5.41, 5.74) is -0.0943. The second-order valence-corrected chi connectivity index (χ2v) is 7.27. The molecule has 1 heterocycles. The maximum atomic E-state index is 13.2. The van der Waals surface area contributed by atoms with Crippen LogP contribution in [-0.2, 0) is 12.0 Å². The molecule has 0 radical (unpaired) electrons. The van der Waals surface area contributed by atoms with E-state index >= 15 is 0 Å². The molecule has 0 fully saturated rings. The van der Waals surface area contributed by atoms with Gasteiger partial charge in [-0.3, -0.25) is 0 Å². The van der Waals surface area contributed by atoms with Crippen LogP contribution in [-0.4, -0.2) is 5.11 Å². The Balaban J connectivity index is 1.95. The van der Waals surface area contributed by atoms with E-state index in [-0.39, 0.29) is 5.82 Å². The average Bonchev–Trinajstić information content (AvgIpc) is 2.87. The van der Waals surface area contributed by atoms with Crippen molar-refractivity contribution in [1.82, 2.24) is 0 Å². The largest absolute Gasteiger partial charge is 0.384 e. The van der Waals surface area contributed by atoms with Gasteiger partial charge in [-0.25, -0.2) is 4.39 Å². The normalized spacial score (nSPS) is 14.3. The average molecular weight is 365 g/mol. The molecule has 1 unspecified atom stereocenters. The highest BCUT2D eigenvalue weighted by Crippen LogP contribution is 2.36. The number of aliphatic hydroxyl groups is 1. The Bertz CT molecular complexity index is 761. The quantitative estimate of drug-likeness (QED) is 0.672. The lowest BCUT2D eigenvalue weighted by Crippen LogP contribution is -2.23. The van der Waals surface area contributed by atoms with Crippen LogP contribution in [0.1, 0.15) is 17.4 Å². The highest BCUT2D eigenvalue weighted by Gasteiger charge is 2.26. The van der Waals surface area contributed by atoms with E-state index in [0.717, 1.165) is 20.5 Å². The van der Waals surface area contributed by atoms with E-state index in [2.05, 4.69) is 15.9 Å². The van der Waals surface area contributed by atoms with E-state index in [4.69, 9.17) is 0 Å². The smallest absolute Gasteiger partial charge is 0.124 e. The van der Waals surface area contributed by atoms with Crippen LogP contribution in [0.25, 0.3) is 10.1 Å². The van der Waals surface area contributed by atoms with Gasteiger partial charge in [-0.1, -0.05) is 40.2 Å². The molecule has 0 aliphatic carbocycles. The summed E-state index contributed by atoms with van der Waals surface area (Å²) in [4.78, 5) is 0.917. The summed E-state index contributed by atoms with van der Waals surface area (Å²) >= 11 is 4.95. The van der Waals surface area contributed by atoms with E-state index in [1.807, 2.05) is 30.3 Å². The number of thiophene rings is 1. The summed E-state index contributed by atoms with van der Waals surface area (Å²) in [5.74, 6) is -0.285. The number of benzene rings is 2. The number of rotatable bonds is 3. The first-order valence-electron chi connectivity index (χ1n) is 6.61. The molecule has 3 rings (SSSR count). The maximum Gasteiger partial charge on any atom is 0.124 e. The minimum Gasteiger partial charge on any atom is -0.384 e. The van der Waals surface area contributed by atoms with Crippen molar-refractivity contribution in [3.8, 4) is 0 Å². The molecule has 3 aromatic rings. The summed E-state index contributed by atoms with van der Waals surface area (Å²) in [7, 11) is 0. The monoisotopic (exact) mass is 364 g/mol. The molecule has 2 aromatic carbocycles. The van der Waals surface area contributed by atoms with Crippen LogP contribution < -0.4 is 0 Å². The molecule has 108 valence electrons. The number of hydrogen-bond acceptors (Lipinski definition) is 2. The number of fused-ring (bicyclic) bond motifs is 1. The molecule has 1 N–H and O–H groups in total. The van der Waals surface area contributed by atoms with Gasteiger partial charge in [0, 0.05) is 20.5 Å². The van der Waals surface area contributed by atoms with E-state index in [0.29, 0.717) is 10.9 Å². The van der Waals surface area contributed by atoms with Crippen LogP contribution in [0.5, 0.6) is 0 Å². The molecule has 0 amide bonds.